The number of benzene rings is 1. The van der Waals surface area contributed by atoms with Crippen LogP contribution in [0.5, 0.6) is 0 Å². The van der Waals surface area contributed by atoms with Gasteiger partial charge in [0.25, 0.3) is 0 Å². The van der Waals surface area contributed by atoms with Gasteiger partial charge in [-0.3, -0.25) is 9.69 Å². The molecule has 1 unspecified atom stereocenters. The number of morpholine rings is 1. The van der Waals surface area contributed by atoms with Gasteiger partial charge in [-0.25, -0.2) is 0 Å². The van der Waals surface area contributed by atoms with Crippen LogP contribution in [0.25, 0.3) is 11.4 Å². The van der Waals surface area contributed by atoms with Crippen molar-refractivity contribution in [2.75, 3.05) is 32.8 Å². The average Bonchev–Trinajstić information content (AvgIpc) is 3.25. The van der Waals surface area contributed by atoms with Crippen LogP contribution < -0.4 is 5.32 Å². The summed E-state index contributed by atoms with van der Waals surface area (Å²) >= 11 is 5.91. The van der Waals surface area contributed by atoms with Crippen LogP contribution in [0.3, 0.4) is 0 Å². The van der Waals surface area contributed by atoms with Crippen molar-refractivity contribution in [2.45, 2.75) is 45.6 Å². The fraction of sp³-hybridized carbons (Fsp3) is 0.591. The molecule has 0 spiro atoms. The van der Waals surface area contributed by atoms with Crippen LogP contribution in [0.15, 0.2) is 28.8 Å². The lowest BCUT2D eigenvalue weighted by Gasteiger charge is -2.38. The van der Waals surface area contributed by atoms with E-state index in [1.165, 1.54) is 0 Å². The van der Waals surface area contributed by atoms with Crippen molar-refractivity contribution in [3.05, 3.63) is 35.2 Å². The molecule has 0 bridgehead atoms. The maximum absolute atomic E-state index is 12.5. The van der Waals surface area contributed by atoms with Gasteiger partial charge in [0.05, 0.1) is 13.2 Å². The zero-order chi connectivity index (χ0) is 21.3. The third-order valence-electron chi connectivity index (χ3n) is 5.75. The molecular formula is C22H31ClN4O3. The highest BCUT2D eigenvalue weighted by Crippen LogP contribution is 2.20. The zero-order valence-electron chi connectivity index (χ0n) is 17.8. The van der Waals surface area contributed by atoms with Crippen LogP contribution >= 0.6 is 11.6 Å². The molecule has 2 heterocycles. The molecule has 1 N–H and O–H groups in total. The predicted molar refractivity (Wildman–Crippen MR) is 116 cm³/mol. The number of hydrogen-bond acceptors (Lipinski definition) is 6. The third-order valence-corrected chi connectivity index (χ3v) is 6.00. The summed E-state index contributed by atoms with van der Waals surface area (Å²) in [5, 5.41) is 7.77. The molecule has 1 fully saturated rings. The fourth-order valence-electron chi connectivity index (χ4n) is 3.94. The number of ether oxygens (including phenoxy) is 1. The van der Waals surface area contributed by atoms with Crippen molar-refractivity contribution in [1.29, 1.82) is 0 Å². The molecule has 30 heavy (non-hydrogen) atoms. The van der Waals surface area contributed by atoms with Gasteiger partial charge in [0, 0.05) is 49.1 Å². The molecule has 1 aromatic heterocycles. The Labute approximate surface area is 183 Å². The van der Waals surface area contributed by atoms with Crippen molar-refractivity contribution in [2.24, 2.45) is 5.92 Å². The molecule has 1 aliphatic heterocycles. The number of rotatable bonds is 10. The van der Waals surface area contributed by atoms with Crippen LogP contribution in [0, 0.1) is 5.92 Å². The molecule has 1 aliphatic rings. The van der Waals surface area contributed by atoms with Gasteiger partial charge < -0.3 is 14.6 Å². The molecule has 164 valence electrons. The van der Waals surface area contributed by atoms with Crippen molar-refractivity contribution in [3.8, 4) is 11.4 Å². The van der Waals surface area contributed by atoms with Gasteiger partial charge in [0.1, 0.15) is 0 Å². The molecule has 3 rings (SSSR count). The first-order valence-corrected chi connectivity index (χ1v) is 11.2. The van der Waals surface area contributed by atoms with E-state index in [0.717, 1.165) is 44.7 Å². The summed E-state index contributed by atoms with van der Waals surface area (Å²) in [5.41, 5.74) is 0.831. The van der Waals surface area contributed by atoms with Crippen molar-refractivity contribution >= 4 is 17.5 Å². The molecule has 2 aromatic rings. The Balaban J connectivity index is 1.50. The Kier molecular flexibility index (Phi) is 8.66. The van der Waals surface area contributed by atoms with Crippen LogP contribution in [0.1, 0.15) is 39.0 Å². The Morgan fingerprint density at radius 1 is 1.20 bits per heavy atom. The Bertz CT molecular complexity index is 786. The maximum Gasteiger partial charge on any atom is 0.227 e. The summed E-state index contributed by atoms with van der Waals surface area (Å²) in [4.78, 5) is 19.3. The molecule has 0 radical (unpaired) electrons. The van der Waals surface area contributed by atoms with Crippen molar-refractivity contribution in [1.82, 2.24) is 20.4 Å². The molecular weight excluding hydrogens is 404 g/mol. The Morgan fingerprint density at radius 3 is 2.57 bits per heavy atom. The summed E-state index contributed by atoms with van der Waals surface area (Å²) in [5.74, 6) is 1.52. The first-order chi connectivity index (χ1) is 14.6. The number of carbonyl (C=O) groups excluding carboxylic acids is 1. The van der Waals surface area contributed by atoms with Gasteiger partial charge >= 0.3 is 0 Å². The first kappa shape index (κ1) is 22.7. The molecule has 8 heteroatoms. The zero-order valence-corrected chi connectivity index (χ0v) is 18.5. The van der Waals surface area contributed by atoms with E-state index in [1.54, 1.807) is 12.1 Å². The lowest BCUT2D eigenvalue weighted by Crippen LogP contribution is -2.52. The average molecular weight is 435 g/mol. The van der Waals surface area contributed by atoms with Gasteiger partial charge in [-0.05, 0) is 30.2 Å². The molecule has 7 nitrogen and oxygen atoms in total. The fourth-order valence-corrected chi connectivity index (χ4v) is 4.06. The molecule has 1 amide bonds. The third kappa shape index (κ3) is 6.27. The largest absolute Gasteiger partial charge is 0.379 e. The van der Waals surface area contributed by atoms with Crippen molar-refractivity contribution in [3.63, 3.8) is 0 Å². The monoisotopic (exact) mass is 434 g/mol. The molecule has 0 aliphatic carbocycles. The van der Waals surface area contributed by atoms with E-state index in [-0.39, 0.29) is 5.91 Å². The lowest BCUT2D eigenvalue weighted by molar-refractivity contribution is -0.121. The van der Waals surface area contributed by atoms with Gasteiger partial charge in [-0.1, -0.05) is 43.4 Å². The number of nitrogens with one attached hydrogen (secondary N) is 1. The van der Waals surface area contributed by atoms with Gasteiger partial charge in [0.2, 0.25) is 17.6 Å². The van der Waals surface area contributed by atoms with E-state index in [9.17, 15) is 4.79 Å². The summed E-state index contributed by atoms with van der Waals surface area (Å²) in [6.45, 7) is 8.47. The molecule has 1 saturated heterocycles. The number of aryl methyl sites for hydroxylation is 1. The van der Waals surface area contributed by atoms with Crippen molar-refractivity contribution < 1.29 is 14.1 Å². The number of carbonyl (C=O) groups is 1. The number of amides is 1. The molecule has 1 aromatic carbocycles. The molecule has 0 saturated carbocycles. The number of halogens is 1. The first-order valence-electron chi connectivity index (χ1n) is 10.8. The van der Waals surface area contributed by atoms with E-state index in [4.69, 9.17) is 20.9 Å². The number of nitrogens with zero attached hydrogens (tertiary/aromatic N) is 3. The van der Waals surface area contributed by atoms with E-state index in [0.29, 0.717) is 48.1 Å². The summed E-state index contributed by atoms with van der Waals surface area (Å²) < 4.78 is 10.8. The van der Waals surface area contributed by atoms with Crippen LogP contribution in [0.2, 0.25) is 5.02 Å². The number of hydrogen-bond donors (Lipinski definition) is 1. The predicted octanol–water partition coefficient (Wildman–Crippen LogP) is 3.58. The smallest absolute Gasteiger partial charge is 0.227 e. The van der Waals surface area contributed by atoms with Crippen LogP contribution in [0.4, 0.5) is 0 Å². The minimum absolute atomic E-state index is 0.00505. The summed E-state index contributed by atoms with van der Waals surface area (Å²) in [6, 6.07) is 7.59. The second kappa shape index (κ2) is 11.4. The van der Waals surface area contributed by atoms with Gasteiger partial charge in [0.15, 0.2) is 0 Å². The quantitative estimate of drug-likeness (QED) is 0.615. The highest BCUT2D eigenvalue weighted by Gasteiger charge is 2.27. The summed E-state index contributed by atoms with van der Waals surface area (Å²) in [7, 11) is 0. The highest BCUT2D eigenvalue weighted by molar-refractivity contribution is 6.30. The van der Waals surface area contributed by atoms with E-state index >= 15 is 0 Å². The van der Waals surface area contributed by atoms with E-state index < -0.39 is 0 Å². The Morgan fingerprint density at radius 2 is 1.90 bits per heavy atom. The highest BCUT2D eigenvalue weighted by atomic mass is 35.5. The second-order valence-corrected chi connectivity index (χ2v) is 8.05. The Hall–Kier alpha value is -1.96. The van der Waals surface area contributed by atoms with E-state index in [2.05, 4.69) is 34.2 Å². The van der Waals surface area contributed by atoms with Crippen LogP contribution in [-0.2, 0) is 16.0 Å². The minimum Gasteiger partial charge on any atom is -0.379 e. The summed E-state index contributed by atoms with van der Waals surface area (Å²) in [6.07, 6.45) is 2.94. The van der Waals surface area contributed by atoms with Gasteiger partial charge in [-0.2, -0.15) is 4.98 Å². The molecule has 1 atom stereocenters. The number of aromatic nitrogens is 2. The normalized spacial score (nSPS) is 16.0. The second-order valence-electron chi connectivity index (χ2n) is 7.61. The van der Waals surface area contributed by atoms with Crippen LogP contribution in [-0.4, -0.2) is 59.8 Å². The van der Waals surface area contributed by atoms with Gasteiger partial charge in [-0.15, -0.1) is 0 Å². The minimum atomic E-state index is 0.00505. The van der Waals surface area contributed by atoms with E-state index in [1.807, 2.05) is 12.1 Å². The SMILES string of the molecule is CCC(CC)C(CNC(=O)CCc1nc(-c2ccc(Cl)cc2)no1)N1CCOCC1. The lowest BCUT2D eigenvalue weighted by atomic mass is 9.92. The standard InChI is InChI=1S/C22H31ClN4O3/c1-3-16(4-2)19(27-11-13-29-14-12-27)15-24-20(28)9-10-21-25-22(26-30-21)17-5-7-18(23)8-6-17/h5-8,16,19H,3-4,9-15H2,1-2H3,(H,24,28). The maximum atomic E-state index is 12.5. The topological polar surface area (TPSA) is 80.5 Å².